The van der Waals surface area contributed by atoms with Gasteiger partial charge in [-0.25, -0.2) is 4.79 Å². The van der Waals surface area contributed by atoms with Gasteiger partial charge in [0, 0.05) is 29.4 Å². The van der Waals surface area contributed by atoms with Gasteiger partial charge in [0.1, 0.15) is 0 Å². The molecule has 27 heavy (non-hydrogen) atoms. The Kier molecular flexibility index (Phi) is 4.24. The fraction of sp³-hybridized carbons (Fsp3) is 0.190. The number of benzene rings is 2. The molecule has 0 aliphatic carbocycles. The summed E-state index contributed by atoms with van der Waals surface area (Å²) in [6, 6.07) is 15.6. The molecule has 136 valence electrons. The van der Waals surface area contributed by atoms with Gasteiger partial charge >= 0.3 is 5.97 Å². The van der Waals surface area contributed by atoms with Crippen molar-refractivity contribution in [3.63, 3.8) is 0 Å². The molecule has 1 aliphatic heterocycles. The second-order valence-corrected chi connectivity index (χ2v) is 6.57. The second kappa shape index (κ2) is 6.72. The lowest BCUT2D eigenvalue weighted by molar-refractivity contribution is -0.128. The van der Waals surface area contributed by atoms with Gasteiger partial charge in [-0.05, 0) is 24.6 Å². The van der Waals surface area contributed by atoms with Gasteiger partial charge in [0.2, 0.25) is 5.91 Å². The number of carbonyl (C=O) groups is 2. The van der Waals surface area contributed by atoms with E-state index in [0.29, 0.717) is 35.1 Å². The van der Waals surface area contributed by atoms with Crippen LogP contribution in [0.1, 0.15) is 28.9 Å². The first-order chi connectivity index (χ1) is 13.1. The molecule has 1 aromatic heterocycles. The van der Waals surface area contributed by atoms with Crippen LogP contribution in [-0.2, 0) is 11.3 Å². The molecule has 2 heterocycles. The van der Waals surface area contributed by atoms with Crippen LogP contribution < -0.4 is 5.56 Å². The van der Waals surface area contributed by atoms with Gasteiger partial charge in [-0.1, -0.05) is 36.4 Å². The van der Waals surface area contributed by atoms with Gasteiger partial charge in [-0.3, -0.25) is 14.2 Å². The van der Waals surface area contributed by atoms with Crippen molar-refractivity contribution in [1.82, 2.24) is 9.47 Å². The molecule has 6 heteroatoms. The molecule has 2 aromatic carbocycles. The molecule has 0 spiro atoms. The molecule has 0 bridgehead atoms. The van der Waals surface area contributed by atoms with Crippen molar-refractivity contribution in [2.45, 2.75) is 19.4 Å². The molecule has 1 amide bonds. The number of fused-ring (bicyclic) bond motifs is 1. The summed E-state index contributed by atoms with van der Waals surface area (Å²) in [7, 11) is 0. The van der Waals surface area contributed by atoms with E-state index >= 15 is 0 Å². The number of hydrogen-bond donors (Lipinski definition) is 1. The van der Waals surface area contributed by atoms with Crippen LogP contribution in [0, 0.1) is 0 Å². The minimum absolute atomic E-state index is 0.0217. The van der Waals surface area contributed by atoms with E-state index in [1.165, 1.54) is 4.57 Å². The first-order valence-corrected chi connectivity index (χ1v) is 8.81. The maximum Gasteiger partial charge on any atom is 0.338 e. The van der Waals surface area contributed by atoms with Crippen LogP contribution in [-0.4, -0.2) is 33.0 Å². The zero-order valence-electron chi connectivity index (χ0n) is 14.6. The highest BCUT2D eigenvalue weighted by Gasteiger charge is 2.27. The number of aromatic nitrogens is 1. The Morgan fingerprint density at radius 1 is 0.963 bits per heavy atom. The lowest BCUT2D eigenvalue weighted by Gasteiger charge is -2.22. The van der Waals surface area contributed by atoms with E-state index < -0.39 is 5.97 Å². The van der Waals surface area contributed by atoms with Crippen LogP contribution in [0.15, 0.2) is 59.4 Å². The minimum atomic E-state index is -1.11. The van der Waals surface area contributed by atoms with Crippen molar-refractivity contribution in [2.24, 2.45) is 0 Å². The summed E-state index contributed by atoms with van der Waals surface area (Å²) in [6.45, 7) is 0.656. The Labute approximate surface area is 155 Å². The smallest absolute Gasteiger partial charge is 0.338 e. The number of nitrogens with zero attached hydrogens (tertiary/aromatic N) is 2. The molecule has 4 rings (SSSR count). The largest absolute Gasteiger partial charge is 0.478 e. The number of carboxylic acids is 1. The van der Waals surface area contributed by atoms with E-state index in [1.54, 1.807) is 53.4 Å². The lowest BCUT2D eigenvalue weighted by Crippen LogP contribution is -2.32. The fourth-order valence-corrected chi connectivity index (χ4v) is 3.69. The number of amides is 1. The van der Waals surface area contributed by atoms with E-state index in [-0.39, 0.29) is 23.6 Å². The standard InChI is InChI=1S/C21H18N2O4/c24-18-11-6-12-22(18)13-17-19(21(26)27)15-9-4-5-10-16(15)20(25)23(17)14-7-2-1-3-8-14/h1-5,7-10H,6,11-13H2,(H,26,27). The number of aromatic carboxylic acids is 1. The van der Waals surface area contributed by atoms with Gasteiger partial charge in [-0.2, -0.15) is 0 Å². The van der Waals surface area contributed by atoms with E-state index in [2.05, 4.69) is 0 Å². The number of rotatable bonds is 4. The minimum Gasteiger partial charge on any atom is -0.478 e. The molecule has 1 aliphatic rings. The molecule has 1 fully saturated rings. The number of pyridine rings is 1. The summed E-state index contributed by atoms with van der Waals surface area (Å²) in [5.74, 6) is -1.14. The maximum absolute atomic E-state index is 13.2. The fourth-order valence-electron chi connectivity index (χ4n) is 3.69. The zero-order valence-corrected chi connectivity index (χ0v) is 14.6. The number of carboxylic acid groups (broad SMARTS) is 1. The lowest BCUT2D eigenvalue weighted by atomic mass is 10.0. The number of hydrogen-bond acceptors (Lipinski definition) is 3. The molecule has 1 N–H and O–H groups in total. The first kappa shape index (κ1) is 17.0. The van der Waals surface area contributed by atoms with Crippen molar-refractivity contribution in [2.75, 3.05) is 6.54 Å². The number of para-hydroxylation sites is 1. The summed E-state index contributed by atoms with van der Waals surface area (Å²) in [5.41, 5.74) is 0.683. The van der Waals surface area contributed by atoms with E-state index in [0.717, 1.165) is 6.42 Å². The molecule has 1 saturated heterocycles. The molecular formula is C21H18N2O4. The highest BCUT2D eigenvalue weighted by atomic mass is 16.4. The van der Waals surface area contributed by atoms with Crippen LogP contribution in [0.25, 0.3) is 16.5 Å². The maximum atomic E-state index is 13.2. The van der Waals surface area contributed by atoms with Crippen molar-refractivity contribution in [3.05, 3.63) is 76.2 Å². The molecule has 3 aromatic rings. The zero-order chi connectivity index (χ0) is 19.0. The van der Waals surface area contributed by atoms with Crippen molar-refractivity contribution in [1.29, 1.82) is 0 Å². The molecule has 0 saturated carbocycles. The van der Waals surface area contributed by atoms with E-state index in [1.807, 2.05) is 6.07 Å². The molecule has 0 unspecified atom stereocenters. The highest BCUT2D eigenvalue weighted by molar-refractivity contribution is 6.04. The third kappa shape index (κ3) is 2.89. The van der Waals surface area contributed by atoms with Gasteiger partial charge in [0.05, 0.1) is 17.8 Å². The van der Waals surface area contributed by atoms with Crippen molar-refractivity contribution >= 4 is 22.6 Å². The van der Waals surface area contributed by atoms with Gasteiger partial charge in [0.15, 0.2) is 0 Å². The normalized spacial score (nSPS) is 14.1. The molecule has 6 nitrogen and oxygen atoms in total. The van der Waals surface area contributed by atoms with Crippen LogP contribution in [0.5, 0.6) is 0 Å². The van der Waals surface area contributed by atoms with E-state index in [9.17, 15) is 19.5 Å². The van der Waals surface area contributed by atoms with Crippen LogP contribution in [0.3, 0.4) is 0 Å². The van der Waals surface area contributed by atoms with Gasteiger partial charge in [0.25, 0.3) is 5.56 Å². The Hall–Kier alpha value is -3.41. The molecule has 0 radical (unpaired) electrons. The molecule has 0 atom stereocenters. The quantitative estimate of drug-likeness (QED) is 0.774. The van der Waals surface area contributed by atoms with Gasteiger partial charge in [-0.15, -0.1) is 0 Å². The summed E-state index contributed by atoms with van der Waals surface area (Å²) in [4.78, 5) is 39.2. The Balaban J connectivity index is 2.07. The van der Waals surface area contributed by atoms with Crippen LogP contribution in [0.4, 0.5) is 0 Å². The Morgan fingerprint density at radius 2 is 1.63 bits per heavy atom. The predicted molar refractivity (Wildman–Crippen MR) is 101 cm³/mol. The number of likely N-dealkylation sites (tertiary alicyclic amines) is 1. The number of carbonyl (C=O) groups excluding carboxylic acids is 1. The average Bonchev–Trinajstić information content (AvgIpc) is 3.07. The molecular weight excluding hydrogens is 344 g/mol. The van der Waals surface area contributed by atoms with Crippen LogP contribution in [0.2, 0.25) is 0 Å². The summed E-state index contributed by atoms with van der Waals surface area (Å²) < 4.78 is 1.43. The van der Waals surface area contributed by atoms with E-state index in [4.69, 9.17) is 0 Å². The monoisotopic (exact) mass is 362 g/mol. The SMILES string of the molecule is O=C(O)c1c(CN2CCCC2=O)n(-c2ccccc2)c(=O)c2ccccc12. The Bertz CT molecular complexity index is 1100. The first-order valence-electron chi connectivity index (χ1n) is 8.81. The van der Waals surface area contributed by atoms with Gasteiger partial charge < -0.3 is 10.0 Å². The Morgan fingerprint density at radius 3 is 2.26 bits per heavy atom. The van der Waals surface area contributed by atoms with Crippen molar-refractivity contribution < 1.29 is 14.7 Å². The topological polar surface area (TPSA) is 79.6 Å². The summed E-state index contributed by atoms with van der Waals surface area (Å²) in [6.07, 6.45) is 1.19. The second-order valence-electron chi connectivity index (χ2n) is 6.57. The predicted octanol–water partition coefficient (Wildman–Crippen LogP) is 2.81. The highest BCUT2D eigenvalue weighted by Crippen LogP contribution is 2.25. The average molecular weight is 362 g/mol. The summed E-state index contributed by atoms with van der Waals surface area (Å²) >= 11 is 0. The van der Waals surface area contributed by atoms with Crippen LogP contribution >= 0.6 is 0 Å². The third-order valence-electron chi connectivity index (χ3n) is 4.93. The van der Waals surface area contributed by atoms with Crippen molar-refractivity contribution in [3.8, 4) is 5.69 Å². The third-order valence-corrected chi connectivity index (χ3v) is 4.93. The summed E-state index contributed by atoms with van der Waals surface area (Å²) in [5, 5.41) is 10.7.